The van der Waals surface area contributed by atoms with Crippen molar-refractivity contribution in [3.63, 3.8) is 0 Å². The molecule has 7 heteroatoms. The van der Waals surface area contributed by atoms with Crippen LogP contribution in [-0.4, -0.2) is 57.8 Å². The van der Waals surface area contributed by atoms with Crippen molar-refractivity contribution in [2.45, 2.75) is 77.0 Å². The number of carbonyl (C=O) groups is 2. The maximum absolute atomic E-state index is 12.9. The fourth-order valence-corrected chi connectivity index (χ4v) is 3.94. The Labute approximate surface area is 155 Å². The highest BCUT2D eigenvalue weighted by atomic mass is 16.5. The van der Waals surface area contributed by atoms with Crippen LogP contribution in [0.3, 0.4) is 0 Å². The van der Waals surface area contributed by atoms with E-state index in [1.807, 2.05) is 18.7 Å². The van der Waals surface area contributed by atoms with Crippen molar-refractivity contribution in [2.75, 3.05) is 13.2 Å². The lowest BCUT2D eigenvalue weighted by Crippen LogP contribution is -2.45. The molecular weight excluding hydrogens is 332 g/mol. The topological polar surface area (TPSA) is 76.5 Å². The second-order valence-electron chi connectivity index (χ2n) is 7.65. The van der Waals surface area contributed by atoms with Crippen LogP contribution in [0.1, 0.15) is 62.7 Å². The first-order valence-corrected chi connectivity index (χ1v) is 9.77. The summed E-state index contributed by atoms with van der Waals surface area (Å²) in [5, 5.41) is 7.30. The third-order valence-electron chi connectivity index (χ3n) is 5.25. The predicted octanol–water partition coefficient (Wildman–Crippen LogP) is 1.97. The van der Waals surface area contributed by atoms with Crippen LogP contribution in [0.2, 0.25) is 0 Å². The van der Waals surface area contributed by atoms with Gasteiger partial charge in [0.1, 0.15) is 6.54 Å². The minimum Gasteiger partial charge on any atom is -0.379 e. The number of hydrogen-bond acceptors (Lipinski definition) is 4. The number of carbonyl (C=O) groups excluding carboxylic acids is 2. The van der Waals surface area contributed by atoms with Crippen molar-refractivity contribution in [3.05, 3.63) is 18.0 Å². The van der Waals surface area contributed by atoms with Gasteiger partial charge in [-0.25, -0.2) is 0 Å². The van der Waals surface area contributed by atoms with E-state index in [0.29, 0.717) is 18.8 Å². The molecule has 2 heterocycles. The zero-order valence-corrected chi connectivity index (χ0v) is 15.8. The maximum Gasteiger partial charge on any atom is 0.257 e. The Hall–Kier alpha value is -1.89. The van der Waals surface area contributed by atoms with Crippen LogP contribution in [0, 0.1) is 0 Å². The maximum atomic E-state index is 12.9. The molecule has 0 radical (unpaired) electrons. The molecule has 0 bridgehead atoms. The van der Waals surface area contributed by atoms with Crippen LogP contribution >= 0.6 is 0 Å². The summed E-state index contributed by atoms with van der Waals surface area (Å²) in [5.74, 6) is -0.0849. The second kappa shape index (κ2) is 8.66. The molecule has 144 valence electrons. The number of nitrogens with zero attached hydrogens (tertiary/aromatic N) is 3. The minimum atomic E-state index is -0.0468. The molecule has 1 atom stereocenters. The van der Waals surface area contributed by atoms with Crippen molar-refractivity contribution >= 4 is 11.8 Å². The van der Waals surface area contributed by atoms with Crippen molar-refractivity contribution in [3.8, 4) is 0 Å². The van der Waals surface area contributed by atoms with Crippen LogP contribution in [0.4, 0.5) is 0 Å². The van der Waals surface area contributed by atoms with Gasteiger partial charge in [-0.2, -0.15) is 5.10 Å². The predicted molar refractivity (Wildman–Crippen MR) is 97.8 cm³/mol. The van der Waals surface area contributed by atoms with Gasteiger partial charge >= 0.3 is 0 Å². The number of nitrogens with one attached hydrogen (secondary N) is 1. The van der Waals surface area contributed by atoms with Gasteiger partial charge in [0.15, 0.2) is 0 Å². The summed E-state index contributed by atoms with van der Waals surface area (Å²) in [6, 6.07) is 0.485. The normalized spacial score (nSPS) is 21.1. The van der Waals surface area contributed by atoms with Gasteiger partial charge in [-0.05, 0) is 33.1 Å². The molecule has 26 heavy (non-hydrogen) atoms. The zero-order valence-electron chi connectivity index (χ0n) is 15.8. The van der Waals surface area contributed by atoms with Crippen LogP contribution in [-0.2, 0) is 16.1 Å². The first-order valence-electron chi connectivity index (χ1n) is 9.77. The van der Waals surface area contributed by atoms with Gasteiger partial charge in [-0.3, -0.25) is 14.3 Å². The standard InChI is InChI=1S/C19H30N4O3/c1-14(2)23(17-8-9-26-13-17)19(25)15-10-20-22(11-15)12-18(24)21-16-6-4-3-5-7-16/h10-11,14,16-17H,3-9,12-13H2,1-2H3,(H,21,24). The van der Waals surface area contributed by atoms with E-state index in [4.69, 9.17) is 4.74 Å². The SMILES string of the molecule is CC(C)N(C(=O)c1cnn(CC(=O)NC2CCCCC2)c1)C1CCOC1. The number of rotatable bonds is 6. The molecule has 1 aromatic rings. The molecule has 1 unspecified atom stereocenters. The molecule has 1 saturated carbocycles. The van der Waals surface area contributed by atoms with Crippen LogP contribution in [0.15, 0.2) is 12.4 Å². The van der Waals surface area contributed by atoms with E-state index in [1.54, 1.807) is 17.1 Å². The number of ether oxygens (including phenoxy) is 1. The quantitative estimate of drug-likeness (QED) is 0.839. The number of hydrogen-bond donors (Lipinski definition) is 1. The van der Waals surface area contributed by atoms with E-state index in [9.17, 15) is 9.59 Å². The summed E-state index contributed by atoms with van der Waals surface area (Å²) < 4.78 is 6.99. The molecule has 7 nitrogen and oxygen atoms in total. The monoisotopic (exact) mass is 362 g/mol. The van der Waals surface area contributed by atoms with Gasteiger partial charge in [0, 0.05) is 24.9 Å². The van der Waals surface area contributed by atoms with Gasteiger partial charge in [-0.15, -0.1) is 0 Å². The van der Waals surface area contributed by atoms with E-state index in [0.717, 1.165) is 19.3 Å². The lowest BCUT2D eigenvalue weighted by molar-refractivity contribution is -0.122. The first-order chi connectivity index (χ1) is 12.5. The van der Waals surface area contributed by atoms with E-state index in [2.05, 4.69) is 10.4 Å². The summed E-state index contributed by atoms with van der Waals surface area (Å²) in [5.41, 5.74) is 0.524. The summed E-state index contributed by atoms with van der Waals surface area (Å²) in [4.78, 5) is 27.0. The van der Waals surface area contributed by atoms with Crippen molar-refractivity contribution in [1.82, 2.24) is 20.0 Å². The highest BCUT2D eigenvalue weighted by Gasteiger charge is 2.30. The lowest BCUT2D eigenvalue weighted by Gasteiger charge is -2.31. The molecule has 2 aliphatic rings. The van der Waals surface area contributed by atoms with Gasteiger partial charge in [-0.1, -0.05) is 19.3 Å². The minimum absolute atomic E-state index is 0.0380. The Balaban J connectivity index is 1.59. The van der Waals surface area contributed by atoms with Crippen molar-refractivity contribution < 1.29 is 14.3 Å². The second-order valence-corrected chi connectivity index (χ2v) is 7.65. The smallest absolute Gasteiger partial charge is 0.257 e. The fourth-order valence-electron chi connectivity index (χ4n) is 3.94. The largest absolute Gasteiger partial charge is 0.379 e. The Kier molecular flexibility index (Phi) is 6.29. The van der Waals surface area contributed by atoms with Crippen LogP contribution in [0.5, 0.6) is 0 Å². The molecule has 2 fully saturated rings. The van der Waals surface area contributed by atoms with Gasteiger partial charge in [0.25, 0.3) is 5.91 Å². The summed E-state index contributed by atoms with van der Waals surface area (Å²) in [6.07, 6.45) is 9.83. The fraction of sp³-hybridized carbons (Fsp3) is 0.737. The molecule has 1 N–H and O–H groups in total. The third-order valence-corrected chi connectivity index (χ3v) is 5.25. The van der Waals surface area contributed by atoms with Gasteiger partial charge < -0.3 is 15.0 Å². The average molecular weight is 362 g/mol. The molecule has 1 saturated heterocycles. The summed E-state index contributed by atoms with van der Waals surface area (Å²) in [7, 11) is 0. The first kappa shape index (κ1) is 18.9. The molecule has 2 amide bonds. The molecule has 1 aliphatic carbocycles. The molecule has 1 aromatic heterocycles. The molecular formula is C19H30N4O3. The van der Waals surface area contributed by atoms with E-state index in [1.165, 1.54) is 19.3 Å². The van der Waals surface area contributed by atoms with E-state index in [-0.39, 0.29) is 36.5 Å². The molecule has 3 rings (SSSR count). The molecule has 1 aliphatic heterocycles. The molecule has 0 spiro atoms. The zero-order chi connectivity index (χ0) is 18.5. The summed E-state index contributed by atoms with van der Waals surface area (Å²) in [6.45, 7) is 5.46. The number of aromatic nitrogens is 2. The highest BCUT2D eigenvalue weighted by Crippen LogP contribution is 2.19. The number of amides is 2. The van der Waals surface area contributed by atoms with Crippen LogP contribution in [0.25, 0.3) is 0 Å². The Morgan fingerprint density at radius 1 is 1.31 bits per heavy atom. The van der Waals surface area contributed by atoms with Crippen molar-refractivity contribution in [2.24, 2.45) is 0 Å². The van der Waals surface area contributed by atoms with E-state index < -0.39 is 0 Å². The average Bonchev–Trinajstić information content (AvgIpc) is 3.27. The summed E-state index contributed by atoms with van der Waals surface area (Å²) >= 11 is 0. The van der Waals surface area contributed by atoms with Gasteiger partial charge in [0.05, 0.1) is 24.4 Å². The Morgan fingerprint density at radius 2 is 2.08 bits per heavy atom. The van der Waals surface area contributed by atoms with Crippen LogP contribution < -0.4 is 5.32 Å². The van der Waals surface area contributed by atoms with E-state index >= 15 is 0 Å². The van der Waals surface area contributed by atoms with Gasteiger partial charge in [0.2, 0.25) is 5.91 Å². The van der Waals surface area contributed by atoms with Crippen molar-refractivity contribution in [1.29, 1.82) is 0 Å². The lowest BCUT2D eigenvalue weighted by atomic mass is 9.95. The third kappa shape index (κ3) is 4.63. The highest BCUT2D eigenvalue weighted by molar-refractivity contribution is 5.94. The molecule has 0 aromatic carbocycles. The Bertz CT molecular complexity index is 616. The Morgan fingerprint density at radius 3 is 2.73 bits per heavy atom.